The Bertz CT molecular complexity index is 570. The summed E-state index contributed by atoms with van der Waals surface area (Å²) in [6.45, 7) is 1.72. The van der Waals surface area contributed by atoms with E-state index in [4.69, 9.17) is 0 Å². The van der Waals surface area contributed by atoms with Gasteiger partial charge in [-0.2, -0.15) is 0 Å². The van der Waals surface area contributed by atoms with Gasteiger partial charge in [0.25, 0.3) is 5.91 Å². The molecule has 1 aliphatic heterocycles. The molecule has 0 unspecified atom stereocenters. The number of likely N-dealkylation sites (tertiary alicyclic amines) is 1. The van der Waals surface area contributed by atoms with Crippen LogP contribution in [0.1, 0.15) is 22.5 Å². The van der Waals surface area contributed by atoms with Gasteiger partial charge in [-0.3, -0.25) is 4.79 Å². The van der Waals surface area contributed by atoms with Crippen molar-refractivity contribution in [2.45, 2.75) is 12.8 Å². The molecule has 88 valence electrons. The number of hydrogen-bond donors (Lipinski definition) is 1. The van der Waals surface area contributed by atoms with Crippen LogP contribution in [0.2, 0.25) is 0 Å². The first kappa shape index (κ1) is 10.6. The molecule has 0 saturated carbocycles. The topological polar surface area (TPSA) is 40.5 Å². The van der Waals surface area contributed by atoms with E-state index in [1.54, 1.807) is 18.2 Å². The molecule has 1 N–H and O–H groups in total. The van der Waals surface area contributed by atoms with Crippen molar-refractivity contribution in [2.24, 2.45) is 0 Å². The van der Waals surface area contributed by atoms with Crippen LogP contribution in [0.4, 0.5) is 0 Å². The van der Waals surface area contributed by atoms with Gasteiger partial charge in [0.2, 0.25) is 0 Å². The lowest BCUT2D eigenvalue weighted by Crippen LogP contribution is -2.26. The Morgan fingerprint density at radius 2 is 2.06 bits per heavy atom. The average Bonchev–Trinajstić information content (AvgIpc) is 2.98. The zero-order valence-electron chi connectivity index (χ0n) is 9.35. The number of hydrogen-bond acceptors (Lipinski definition) is 3. The molecule has 1 aliphatic rings. The van der Waals surface area contributed by atoms with Crippen LogP contribution in [0.3, 0.4) is 0 Å². The van der Waals surface area contributed by atoms with E-state index in [0.29, 0.717) is 0 Å². The Hall–Kier alpha value is -1.55. The van der Waals surface area contributed by atoms with Crippen LogP contribution in [0.25, 0.3) is 10.1 Å². The maximum atomic E-state index is 12.2. The molecule has 3 nitrogen and oxygen atoms in total. The maximum Gasteiger partial charge on any atom is 0.263 e. The van der Waals surface area contributed by atoms with Crippen molar-refractivity contribution in [3.63, 3.8) is 0 Å². The van der Waals surface area contributed by atoms with Gasteiger partial charge in [-0.05, 0) is 31.0 Å². The second kappa shape index (κ2) is 4.04. The van der Waals surface area contributed by atoms with E-state index in [1.807, 2.05) is 11.0 Å². The molecule has 1 amide bonds. The molecule has 4 heteroatoms. The fourth-order valence-corrected chi connectivity index (χ4v) is 3.28. The monoisotopic (exact) mass is 247 g/mol. The lowest BCUT2D eigenvalue weighted by atomic mass is 10.2. The Balaban J connectivity index is 2.00. The Morgan fingerprint density at radius 3 is 2.76 bits per heavy atom. The van der Waals surface area contributed by atoms with Crippen LogP contribution in [0, 0.1) is 0 Å². The van der Waals surface area contributed by atoms with Gasteiger partial charge in [0, 0.05) is 23.2 Å². The summed E-state index contributed by atoms with van der Waals surface area (Å²) < 4.78 is 0.965. The fourth-order valence-electron chi connectivity index (χ4n) is 2.23. The van der Waals surface area contributed by atoms with Crippen LogP contribution >= 0.6 is 11.3 Å². The highest BCUT2D eigenvalue weighted by Crippen LogP contribution is 2.32. The van der Waals surface area contributed by atoms with Gasteiger partial charge >= 0.3 is 0 Å². The van der Waals surface area contributed by atoms with E-state index in [1.165, 1.54) is 11.3 Å². The maximum absolute atomic E-state index is 12.2. The normalized spacial score (nSPS) is 15.6. The first-order valence-electron chi connectivity index (χ1n) is 5.76. The number of carbonyl (C=O) groups is 1. The van der Waals surface area contributed by atoms with Gasteiger partial charge in [0.1, 0.15) is 5.75 Å². The summed E-state index contributed by atoms with van der Waals surface area (Å²) in [5.41, 5.74) is 0. The molecule has 0 bridgehead atoms. The van der Waals surface area contributed by atoms with E-state index in [-0.39, 0.29) is 11.7 Å². The molecule has 0 radical (unpaired) electrons. The summed E-state index contributed by atoms with van der Waals surface area (Å²) in [5, 5.41) is 10.5. The van der Waals surface area contributed by atoms with Crippen molar-refractivity contribution in [1.82, 2.24) is 4.90 Å². The second-order valence-electron chi connectivity index (χ2n) is 4.30. The first-order valence-corrected chi connectivity index (χ1v) is 6.58. The van der Waals surface area contributed by atoms with Crippen LogP contribution in [-0.2, 0) is 0 Å². The van der Waals surface area contributed by atoms with Crippen molar-refractivity contribution in [2.75, 3.05) is 13.1 Å². The quantitative estimate of drug-likeness (QED) is 0.841. The number of aromatic hydroxyl groups is 1. The number of fused-ring (bicyclic) bond motifs is 1. The van der Waals surface area contributed by atoms with E-state index >= 15 is 0 Å². The van der Waals surface area contributed by atoms with E-state index in [0.717, 1.165) is 40.9 Å². The number of amides is 1. The number of carbonyl (C=O) groups excluding carboxylic acids is 1. The number of nitrogens with zero attached hydrogens (tertiary/aromatic N) is 1. The van der Waals surface area contributed by atoms with Gasteiger partial charge in [-0.25, -0.2) is 0 Å². The van der Waals surface area contributed by atoms with Crippen molar-refractivity contribution < 1.29 is 9.90 Å². The molecular weight excluding hydrogens is 234 g/mol. The highest BCUT2D eigenvalue weighted by molar-refractivity contribution is 7.20. The predicted octanol–water partition coefficient (Wildman–Crippen LogP) is 2.84. The Kier molecular flexibility index (Phi) is 2.52. The lowest BCUT2D eigenvalue weighted by molar-refractivity contribution is 0.0797. The standard InChI is InChI=1S/C13H13NO2S/c15-10-4-3-5-11-9(10)8-12(17-11)13(16)14-6-1-2-7-14/h3-5,8,15H,1-2,6-7H2. The van der Waals surface area contributed by atoms with Crippen LogP contribution in [0.15, 0.2) is 24.3 Å². The lowest BCUT2D eigenvalue weighted by Gasteiger charge is -2.13. The van der Waals surface area contributed by atoms with Gasteiger partial charge in [-0.15, -0.1) is 11.3 Å². The molecule has 1 saturated heterocycles. The van der Waals surface area contributed by atoms with Crippen molar-refractivity contribution in [1.29, 1.82) is 0 Å². The van der Waals surface area contributed by atoms with Gasteiger partial charge in [-0.1, -0.05) is 6.07 Å². The van der Waals surface area contributed by atoms with Crippen LogP contribution < -0.4 is 0 Å². The molecule has 2 heterocycles. The summed E-state index contributed by atoms with van der Waals surface area (Å²) >= 11 is 1.46. The predicted molar refractivity (Wildman–Crippen MR) is 68.6 cm³/mol. The largest absolute Gasteiger partial charge is 0.507 e. The van der Waals surface area contributed by atoms with Gasteiger partial charge < -0.3 is 10.0 Å². The van der Waals surface area contributed by atoms with Gasteiger partial charge in [0.05, 0.1) is 4.88 Å². The number of thiophene rings is 1. The van der Waals surface area contributed by atoms with Crippen LogP contribution in [-0.4, -0.2) is 29.0 Å². The Morgan fingerprint density at radius 1 is 1.29 bits per heavy atom. The molecule has 0 atom stereocenters. The smallest absolute Gasteiger partial charge is 0.263 e. The molecule has 1 aromatic carbocycles. The summed E-state index contributed by atoms with van der Waals surface area (Å²) in [6.07, 6.45) is 2.20. The van der Waals surface area contributed by atoms with Crippen LogP contribution in [0.5, 0.6) is 5.75 Å². The third-order valence-corrected chi connectivity index (χ3v) is 4.23. The molecule has 17 heavy (non-hydrogen) atoms. The summed E-state index contributed by atoms with van der Waals surface area (Å²) in [6, 6.07) is 7.19. The second-order valence-corrected chi connectivity index (χ2v) is 5.38. The molecule has 3 rings (SSSR count). The minimum absolute atomic E-state index is 0.100. The van der Waals surface area contributed by atoms with E-state index in [2.05, 4.69) is 0 Å². The highest BCUT2D eigenvalue weighted by Gasteiger charge is 2.21. The van der Waals surface area contributed by atoms with Gasteiger partial charge in [0.15, 0.2) is 0 Å². The molecule has 0 spiro atoms. The number of benzene rings is 1. The molecule has 2 aromatic rings. The SMILES string of the molecule is O=C(c1cc2c(O)cccc2s1)N1CCCC1. The van der Waals surface area contributed by atoms with E-state index in [9.17, 15) is 9.90 Å². The molecular formula is C13H13NO2S. The zero-order valence-corrected chi connectivity index (χ0v) is 10.2. The molecule has 1 fully saturated rings. The zero-order chi connectivity index (χ0) is 11.8. The number of rotatable bonds is 1. The first-order chi connectivity index (χ1) is 8.25. The third-order valence-electron chi connectivity index (χ3n) is 3.14. The average molecular weight is 247 g/mol. The minimum atomic E-state index is 0.100. The van der Waals surface area contributed by atoms with E-state index < -0.39 is 0 Å². The summed E-state index contributed by atoms with van der Waals surface area (Å²) in [4.78, 5) is 14.8. The summed E-state index contributed by atoms with van der Waals surface area (Å²) in [7, 11) is 0. The molecule has 0 aliphatic carbocycles. The molecule has 1 aromatic heterocycles. The fraction of sp³-hybridized carbons (Fsp3) is 0.308. The Labute approximate surface area is 103 Å². The number of phenols is 1. The highest BCUT2D eigenvalue weighted by atomic mass is 32.1. The van der Waals surface area contributed by atoms with Crippen molar-refractivity contribution in [3.05, 3.63) is 29.1 Å². The number of phenolic OH excluding ortho intramolecular Hbond substituents is 1. The van der Waals surface area contributed by atoms with Crippen molar-refractivity contribution >= 4 is 27.3 Å². The van der Waals surface area contributed by atoms with Crippen molar-refractivity contribution in [3.8, 4) is 5.75 Å². The summed E-state index contributed by atoms with van der Waals surface area (Å²) in [5.74, 6) is 0.349. The third kappa shape index (κ3) is 1.78. The minimum Gasteiger partial charge on any atom is -0.507 e.